The average molecular weight is 257 g/mol. The molecule has 17 heavy (non-hydrogen) atoms. The van der Waals surface area contributed by atoms with Crippen LogP contribution in [0.4, 0.5) is 5.82 Å². The van der Waals surface area contributed by atoms with E-state index in [9.17, 15) is 13.2 Å². The van der Waals surface area contributed by atoms with Crippen molar-refractivity contribution in [2.24, 2.45) is 0 Å². The summed E-state index contributed by atoms with van der Waals surface area (Å²) in [6, 6.07) is 1.57. The zero-order valence-electron chi connectivity index (χ0n) is 9.80. The lowest BCUT2D eigenvalue weighted by molar-refractivity contribution is -0.114. The van der Waals surface area contributed by atoms with Gasteiger partial charge in [0.05, 0.1) is 23.2 Å². The Kier molecular flexibility index (Phi) is 2.94. The molecule has 0 aromatic carbocycles. The lowest BCUT2D eigenvalue weighted by atomic mass is 10.3. The smallest absolute Gasteiger partial charge is 0.222 e. The second kappa shape index (κ2) is 4.14. The molecule has 1 aromatic heterocycles. The van der Waals surface area contributed by atoms with Crippen molar-refractivity contribution >= 4 is 21.6 Å². The van der Waals surface area contributed by atoms with E-state index in [1.54, 1.807) is 10.7 Å². The molecular weight excluding hydrogens is 242 g/mol. The van der Waals surface area contributed by atoms with Crippen molar-refractivity contribution in [3.8, 4) is 0 Å². The van der Waals surface area contributed by atoms with Crippen LogP contribution < -0.4 is 5.32 Å². The van der Waals surface area contributed by atoms with E-state index in [4.69, 9.17) is 0 Å². The van der Waals surface area contributed by atoms with Gasteiger partial charge < -0.3 is 5.32 Å². The second-order valence-corrected chi connectivity index (χ2v) is 6.58. The molecule has 2 heterocycles. The number of aryl methyl sites for hydroxylation is 1. The third-order valence-corrected chi connectivity index (χ3v) is 4.47. The van der Waals surface area contributed by atoms with E-state index in [1.165, 1.54) is 6.92 Å². The molecular formula is C10H15N3O3S. The zero-order chi connectivity index (χ0) is 12.6. The van der Waals surface area contributed by atoms with E-state index in [0.29, 0.717) is 12.2 Å². The number of carbonyl (C=O) groups excluding carboxylic acids is 1. The first kappa shape index (κ1) is 12.1. The maximum Gasteiger partial charge on any atom is 0.222 e. The fourth-order valence-electron chi connectivity index (χ4n) is 2.04. The molecule has 6 nitrogen and oxygen atoms in total. The molecule has 1 aliphatic rings. The average Bonchev–Trinajstić information content (AvgIpc) is 2.68. The molecule has 7 heteroatoms. The quantitative estimate of drug-likeness (QED) is 0.837. The summed E-state index contributed by atoms with van der Waals surface area (Å²) >= 11 is 0. The summed E-state index contributed by atoms with van der Waals surface area (Å²) < 4.78 is 24.5. The number of rotatable bonds is 2. The highest BCUT2D eigenvalue weighted by Gasteiger charge is 2.31. The normalized spacial score (nSPS) is 22.6. The summed E-state index contributed by atoms with van der Waals surface area (Å²) in [5, 5.41) is 6.91. The minimum absolute atomic E-state index is 0.0979. The van der Waals surface area contributed by atoms with Gasteiger partial charge in [0.15, 0.2) is 9.84 Å². The summed E-state index contributed by atoms with van der Waals surface area (Å²) in [6.07, 6.45) is 0.552. The van der Waals surface area contributed by atoms with E-state index in [-0.39, 0.29) is 23.5 Å². The standard InChI is InChI=1S/C10H15N3O3S/c1-7-5-10(11-8(2)14)13(12-7)9-3-4-17(15,16)6-9/h5,9H,3-4,6H2,1-2H3,(H,11,14)/t9-/m0/s1. The first-order chi connectivity index (χ1) is 7.87. The molecule has 0 spiro atoms. The van der Waals surface area contributed by atoms with E-state index in [1.807, 2.05) is 6.92 Å². The van der Waals surface area contributed by atoms with Crippen molar-refractivity contribution in [1.82, 2.24) is 9.78 Å². The number of nitrogens with zero attached hydrogens (tertiary/aromatic N) is 2. The molecule has 1 aromatic rings. The SMILES string of the molecule is CC(=O)Nc1cc(C)nn1[C@H]1CCS(=O)(=O)C1. The molecule has 2 rings (SSSR count). The molecule has 1 atom stereocenters. The van der Waals surface area contributed by atoms with Crippen molar-refractivity contribution in [2.45, 2.75) is 26.3 Å². The first-order valence-corrected chi connectivity index (χ1v) is 7.24. The number of nitrogens with one attached hydrogen (secondary N) is 1. The predicted molar refractivity (Wildman–Crippen MR) is 63.6 cm³/mol. The fourth-order valence-corrected chi connectivity index (χ4v) is 3.73. The largest absolute Gasteiger partial charge is 0.311 e. The number of anilines is 1. The molecule has 0 bridgehead atoms. The Balaban J connectivity index is 2.29. The number of aromatic nitrogens is 2. The van der Waals surface area contributed by atoms with Crippen molar-refractivity contribution in [1.29, 1.82) is 0 Å². The third kappa shape index (κ3) is 2.66. The Labute approximate surface area is 99.9 Å². The first-order valence-electron chi connectivity index (χ1n) is 5.41. The van der Waals surface area contributed by atoms with Gasteiger partial charge in [-0.15, -0.1) is 0 Å². The van der Waals surface area contributed by atoms with Gasteiger partial charge in [-0.2, -0.15) is 5.10 Å². The van der Waals surface area contributed by atoms with Crippen molar-refractivity contribution in [3.63, 3.8) is 0 Å². The van der Waals surface area contributed by atoms with E-state index >= 15 is 0 Å². The fraction of sp³-hybridized carbons (Fsp3) is 0.600. The number of amides is 1. The Morgan fingerprint density at radius 3 is 2.82 bits per heavy atom. The van der Waals surface area contributed by atoms with Crippen LogP contribution in [-0.4, -0.2) is 35.6 Å². The molecule has 0 saturated carbocycles. The molecule has 1 fully saturated rings. The molecule has 1 N–H and O–H groups in total. The highest BCUT2D eigenvalue weighted by molar-refractivity contribution is 7.91. The van der Waals surface area contributed by atoms with Gasteiger partial charge in [-0.25, -0.2) is 13.1 Å². The highest BCUT2D eigenvalue weighted by atomic mass is 32.2. The summed E-state index contributed by atoms with van der Waals surface area (Å²) in [5.41, 5.74) is 0.762. The van der Waals surface area contributed by atoms with Gasteiger partial charge in [0.1, 0.15) is 5.82 Å². The number of carbonyl (C=O) groups is 1. The Hall–Kier alpha value is -1.37. The maximum atomic E-state index is 11.4. The monoisotopic (exact) mass is 257 g/mol. The van der Waals surface area contributed by atoms with Gasteiger partial charge in [-0.1, -0.05) is 0 Å². The van der Waals surface area contributed by atoms with Crippen LogP contribution in [0.25, 0.3) is 0 Å². The Morgan fingerprint density at radius 1 is 1.59 bits per heavy atom. The van der Waals surface area contributed by atoms with Gasteiger partial charge in [-0.3, -0.25) is 4.79 Å². The minimum Gasteiger partial charge on any atom is -0.311 e. The minimum atomic E-state index is -2.95. The lowest BCUT2D eigenvalue weighted by Gasteiger charge is -2.12. The summed E-state index contributed by atoms with van der Waals surface area (Å²) in [6.45, 7) is 3.23. The van der Waals surface area contributed by atoms with Gasteiger partial charge in [-0.05, 0) is 13.3 Å². The summed E-state index contributed by atoms with van der Waals surface area (Å²) in [7, 11) is -2.95. The van der Waals surface area contributed by atoms with E-state index < -0.39 is 9.84 Å². The Bertz CT molecular complexity index is 547. The van der Waals surface area contributed by atoms with Crippen molar-refractivity contribution < 1.29 is 13.2 Å². The molecule has 94 valence electrons. The van der Waals surface area contributed by atoms with Crippen LogP contribution in [-0.2, 0) is 14.6 Å². The topological polar surface area (TPSA) is 81.1 Å². The third-order valence-electron chi connectivity index (χ3n) is 2.72. The van der Waals surface area contributed by atoms with Crippen LogP contribution in [0, 0.1) is 6.92 Å². The van der Waals surface area contributed by atoms with Crippen LogP contribution in [0.3, 0.4) is 0 Å². The molecule has 1 aliphatic heterocycles. The van der Waals surface area contributed by atoms with Crippen LogP contribution in [0.15, 0.2) is 6.07 Å². The molecule has 1 saturated heterocycles. The van der Waals surface area contributed by atoms with Crippen molar-refractivity contribution in [2.75, 3.05) is 16.8 Å². The molecule has 0 aliphatic carbocycles. The summed E-state index contributed by atoms with van der Waals surface area (Å²) in [4.78, 5) is 11.0. The summed E-state index contributed by atoms with van der Waals surface area (Å²) in [5.74, 6) is 0.667. The predicted octanol–water partition coefficient (Wildman–Crippen LogP) is 0.510. The Morgan fingerprint density at radius 2 is 2.29 bits per heavy atom. The number of hydrogen-bond donors (Lipinski definition) is 1. The number of sulfone groups is 1. The van der Waals surface area contributed by atoms with Gasteiger partial charge in [0.25, 0.3) is 0 Å². The van der Waals surface area contributed by atoms with E-state index in [0.717, 1.165) is 5.69 Å². The van der Waals surface area contributed by atoms with Gasteiger partial charge >= 0.3 is 0 Å². The van der Waals surface area contributed by atoms with Crippen molar-refractivity contribution in [3.05, 3.63) is 11.8 Å². The molecule has 1 amide bonds. The number of hydrogen-bond acceptors (Lipinski definition) is 4. The highest BCUT2D eigenvalue weighted by Crippen LogP contribution is 2.26. The van der Waals surface area contributed by atoms with Crippen LogP contribution in [0.2, 0.25) is 0 Å². The molecule has 0 unspecified atom stereocenters. The zero-order valence-corrected chi connectivity index (χ0v) is 10.6. The van der Waals surface area contributed by atoms with E-state index in [2.05, 4.69) is 10.4 Å². The lowest BCUT2D eigenvalue weighted by Crippen LogP contribution is -2.17. The van der Waals surface area contributed by atoms with Crippen LogP contribution in [0.1, 0.15) is 25.1 Å². The maximum absolute atomic E-state index is 11.4. The van der Waals surface area contributed by atoms with Gasteiger partial charge in [0, 0.05) is 13.0 Å². The second-order valence-electron chi connectivity index (χ2n) is 4.35. The van der Waals surface area contributed by atoms with Gasteiger partial charge in [0.2, 0.25) is 5.91 Å². The molecule has 0 radical (unpaired) electrons. The van der Waals surface area contributed by atoms with Crippen LogP contribution in [0.5, 0.6) is 0 Å². The van der Waals surface area contributed by atoms with Crippen LogP contribution >= 0.6 is 0 Å².